The van der Waals surface area contributed by atoms with Gasteiger partial charge in [0, 0.05) is 3.57 Å². The van der Waals surface area contributed by atoms with E-state index in [1.54, 1.807) is 75.5 Å². The van der Waals surface area contributed by atoms with Gasteiger partial charge in [0.2, 0.25) is 0 Å². The maximum absolute atomic E-state index is 11.6. The van der Waals surface area contributed by atoms with Crippen LogP contribution in [-0.2, 0) is 6.22 Å². The lowest BCUT2D eigenvalue weighted by molar-refractivity contribution is -0.138. The van der Waals surface area contributed by atoms with E-state index < -0.39 is 13.4 Å². The molecule has 23 heavy (non-hydrogen) atoms. The molecule has 0 spiro atoms. The van der Waals surface area contributed by atoms with E-state index in [4.69, 9.17) is 8.93 Å². The number of carbonyl (C=O) groups is 1. The lowest BCUT2D eigenvalue weighted by Crippen LogP contribution is -2.43. The van der Waals surface area contributed by atoms with Gasteiger partial charge in [0.05, 0.1) is 1.37 Å². The number of hydrogen-bond donors (Lipinski definition) is 3. The Balaban J connectivity index is 2.39. The first-order valence-electron chi connectivity index (χ1n) is 7.55. The molecule has 0 aromatic heterocycles. The second kappa shape index (κ2) is 7.70. The van der Waals surface area contributed by atoms with Gasteiger partial charge in [-0.2, -0.15) is 0 Å². The monoisotopic (exact) mass is 657 g/mol. The molecule has 2 aromatic carbocycles. The van der Waals surface area contributed by atoms with Crippen molar-refractivity contribution in [3.8, 4) is 17.2 Å². The predicted octanol–water partition coefficient (Wildman–Crippen LogP) is 4.22. The SMILES string of the molecule is [3H]N([3H])[C@]([3H])(C(=O)O)C(I)(I)c1ccc(Oc2ccc(O)cc2)cc1I. The van der Waals surface area contributed by atoms with E-state index in [9.17, 15) is 15.0 Å². The third-order valence-electron chi connectivity index (χ3n) is 2.85. The van der Waals surface area contributed by atoms with Crippen molar-refractivity contribution in [2.75, 3.05) is 0 Å². The molecule has 122 valence electrons. The molecular weight excluding hydrogens is 639 g/mol. The number of aliphatic carboxylic acids is 1. The highest BCUT2D eigenvalue weighted by Crippen LogP contribution is 2.44. The summed E-state index contributed by atoms with van der Waals surface area (Å²) in [5, 5.41) is 18.7. The number of rotatable bonds is 6. The van der Waals surface area contributed by atoms with Crippen molar-refractivity contribution < 1.29 is 23.9 Å². The van der Waals surface area contributed by atoms with Gasteiger partial charge in [0.15, 0.2) is 0 Å². The Morgan fingerprint density at radius 3 is 2.39 bits per heavy atom. The number of aromatic hydroxyl groups is 1. The Morgan fingerprint density at radius 2 is 1.87 bits per heavy atom. The standard InChI is InChI=1S/C15H12I3NO4/c16-12-7-10(23-9-3-1-8(20)2-4-9)5-6-11(12)15(17,18)13(19)14(21)22/h1-7,13,20H,19H2,(H,21,22)/t13-/m1/s1/i13T/hT2. The van der Waals surface area contributed by atoms with Gasteiger partial charge in [-0.25, -0.2) is 0 Å². The largest absolute Gasteiger partial charge is 0.508 e. The summed E-state index contributed by atoms with van der Waals surface area (Å²) in [5.74, 6) is -0.457. The maximum Gasteiger partial charge on any atom is 0.323 e. The molecule has 0 saturated heterocycles. The van der Waals surface area contributed by atoms with Gasteiger partial charge in [-0.3, -0.25) is 4.79 Å². The van der Waals surface area contributed by atoms with Gasteiger partial charge in [-0.1, -0.05) is 51.2 Å². The molecule has 0 aliphatic rings. The lowest BCUT2D eigenvalue weighted by atomic mass is 10.1. The Kier molecular flexibility index (Phi) is 5.00. The number of benzene rings is 2. The smallest absolute Gasteiger partial charge is 0.323 e. The Bertz CT molecular complexity index is 820. The zero-order valence-corrected chi connectivity index (χ0v) is 17.8. The molecule has 0 aliphatic carbocycles. The molecule has 0 unspecified atom stereocenters. The number of carboxylic acids is 1. The first-order valence-corrected chi connectivity index (χ1v) is 9.40. The summed E-state index contributed by atoms with van der Waals surface area (Å²) in [7, 11) is 0. The minimum absolute atomic E-state index is 0.106. The Labute approximate surface area is 178 Å². The Hall–Kier alpha value is -0.340. The van der Waals surface area contributed by atoms with E-state index in [1.165, 1.54) is 12.1 Å². The van der Waals surface area contributed by atoms with Crippen molar-refractivity contribution in [2.45, 2.75) is 7.45 Å². The number of halogens is 3. The predicted molar refractivity (Wildman–Crippen MR) is 113 cm³/mol. The van der Waals surface area contributed by atoms with E-state index >= 15 is 0 Å². The molecule has 2 aromatic rings. The first kappa shape index (κ1) is 15.0. The average Bonchev–Trinajstić information content (AvgIpc) is 2.55. The van der Waals surface area contributed by atoms with Crippen LogP contribution >= 0.6 is 67.8 Å². The zero-order valence-electron chi connectivity index (χ0n) is 14.3. The number of phenols is 1. The molecule has 0 amide bonds. The van der Waals surface area contributed by atoms with Crippen molar-refractivity contribution in [2.24, 2.45) is 5.72 Å². The van der Waals surface area contributed by atoms with Crippen LogP contribution in [0, 0.1) is 3.57 Å². The van der Waals surface area contributed by atoms with Gasteiger partial charge >= 0.3 is 5.97 Å². The van der Waals surface area contributed by atoms with Crippen LogP contribution in [0.2, 0.25) is 2.82 Å². The number of carboxylic acid groups (broad SMARTS) is 1. The zero-order chi connectivity index (χ0) is 19.7. The van der Waals surface area contributed by atoms with Crippen LogP contribution in [0.15, 0.2) is 42.5 Å². The quantitative estimate of drug-likeness (QED) is 0.320. The topological polar surface area (TPSA) is 92.8 Å². The second-order valence-corrected chi connectivity index (χ2v) is 10.9. The molecule has 0 radical (unpaired) electrons. The van der Waals surface area contributed by atoms with Crippen molar-refractivity contribution in [1.82, 2.24) is 0 Å². The number of nitrogens with two attached hydrogens (primary N) is 1. The first-order chi connectivity index (χ1) is 12.0. The maximum atomic E-state index is 11.6. The highest BCUT2D eigenvalue weighted by atomic mass is 127. The highest BCUT2D eigenvalue weighted by Gasteiger charge is 2.39. The van der Waals surface area contributed by atoms with E-state index in [0.717, 1.165) is 0 Å². The van der Waals surface area contributed by atoms with Crippen LogP contribution in [0.5, 0.6) is 17.2 Å². The number of hydrogen-bond acceptors (Lipinski definition) is 4. The van der Waals surface area contributed by atoms with Gasteiger partial charge in [0.25, 0.3) is 0 Å². The molecule has 1 atom stereocenters. The molecule has 8 heteroatoms. The lowest BCUT2D eigenvalue weighted by Gasteiger charge is -2.26. The summed E-state index contributed by atoms with van der Waals surface area (Å²) in [6.07, 6.45) is 0. The van der Waals surface area contributed by atoms with Crippen molar-refractivity contribution in [1.29, 1.82) is 0 Å². The average molecular weight is 657 g/mol. The normalized spacial score (nSPS) is 16.1. The molecule has 0 bridgehead atoms. The summed E-state index contributed by atoms with van der Waals surface area (Å²) in [6, 6.07) is 8.59. The van der Waals surface area contributed by atoms with Gasteiger partial charge in [-0.15, -0.1) is 0 Å². The molecule has 0 heterocycles. The van der Waals surface area contributed by atoms with E-state index in [0.29, 0.717) is 20.6 Å². The van der Waals surface area contributed by atoms with E-state index in [-0.39, 0.29) is 11.5 Å². The Morgan fingerprint density at radius 1 is 1.26 bits per heavy atom. The molecule has 5 nitrogen and oxygen atoms in total. The minimum Gasteiger partial charge on any atom is -0.508 e. The minimum atomic E-state index is -2.52. The fourth-order valence-electron chi connectivity index (χ4n) is 1.73. The molecule has 0 saturated carbocycles. The molecule has 0 fully saturated rings. The van der Waals surface area contributed by atoms with Crippen LogP contribution < -0.4 is 10.5 Å². The molecule has 4 N–H and O–H groups in total. The summed E-state index contributed by atoms with van der Waals surface area (Å²) >= 11 is 5.56. The fraction of sp³-hybridized carbons (Fsp3) is 0.133. The van der Waals surface area contributed by atoms with E-state index in [2.05, 4.69) is 0 Å². The van der Waals surface area contributed by atoms with E-state index in [1.807, 2.05) is 22.6 Å². The third-order valence-corrected chi connectivity index (χ3v) is 5.93. The van der Waals surface area contributed by atoms with Gasteiger partial charge < -0.3 is 20.7 Å². The fourth-order valence-corrected chi connectivity index (χ4v) is 5.05. The summed E-state index contributed by atoms with van der Waals surface area (Å²) in [4.78, 5) is 11.6. The summed E-state index contributed by atoms with van der Waals surface area (Å²) in [6.45, 7) is 0. The summed E-state index contributed by atoms with van der Waals surface area (Å²) < 4.78 is 27.9. The number of ether oxygens (including phenoxy) is 1. The van der Waals surface area contributed by atoms with Crippen molar-refractivity contribution in [3.05, 3.63) is 51.6 Å². The molecular formula is C15H12I3NO4. The number of phenolic OH excluding ortho intramolecular Hbond substituents is 1. The molecule has 0 aliphatic heterocycles. The third kappa shape index (κ3) is 4.60. The van der Waals surface area contributed by atoms with Crippen LogP contribution in [0.1, 0.15) is 6.93 Å². The number of alkyl halides is 2. The van der Waals surface area contributed by atoms with Crippen molar-refractivity contribution >= 4 is 73.7 Å². The van der Waals surface area contributed by atoms with Crippen LogP contribution in [0.4, 0.5) is 0 Å². The molecule has 2 rings (SSSR count). The van der Waals surface area contributed by atoms with Gasteiger partial charge in [0.1, 0.15) is 27.5 Å². The second-order valence-electron chi connectivity index (χ2n) is 4.47. The summed E-state index contributed by atoms with van der Waals surface area (Å²) in [5.41, 5.74) is 0.379. The van der Waals surface area contributed by atoms with Crippen LogP contribution in [0.25, 0.3) is 0 Å². The van der Waals surface area contributed by atoms with Gasteiger partial charge in [-0.05, 0) is 64.6 Å². The highest BCUT2D eigenvalue weighted by molar-refractivity contribution is 14.2. The van der Waals surface area contributed by atoms with Crippen LogP contribution in [0.3, 0.4) is 0 Å². The van der Waals surface area contributed by atoms with Crippen molar-refractivity contribution in [3.63, 3.8) is 0 Å². The van der Waals surface area contributed by atoms with Crippen LogP contribution in [-0.4, -0.2) is 22.2 Å².